The van der Waals surface area contributed by atoms with E-state index < -0.39 is 0 Å². The van der Waals surface area contributed by atoms with E-state index in [2.05, 4.69) is 15.1 Å². The Morgan fingerprint density at radius 1 is 1.22 bits per heavy atom. The summed E-state index contributed by atoms with van der Waals surface area (Å²) in [6, 6.07) is 3.54. The fourth-order valence-corrected chi connectivity index (χ4v) is 3.06. The lowest BCUT2D eigenvalue weighted by molar-refractivity contribution is -0.117. The fraction of sp³-hybridized carbons (Fsp3) is 0.467. The quantitative estimate of drug-likeness (QED) is 0.807. The summed E-state index contributed by atoms with van der Waals surface area (Å²) in [4.78, 5) is 27.1. The van der Waals surface area contributed by atoms with Crippen LogP contribution in [0.3, 0.4) is 0 Å². The molecule has 0 bridgehead atoms. The Morgan fingerprint density at radius 2 is 2.04 bits per heavy atom. The Kier molecular flexibility index (Phi) is 3.17. The summed E-state index contributed by atoms with van der Waals surface area (Å²) in [5, 5.41) is 8.65. The monoisotopic (exact) mass is 314 g/mol. The number of rotatable bonds is 3. The van der Waals surface area contributed by atoms with Gasteiger partial charge in [0.1, 0.15) is 5.82 Å². The van der Waals surface area contributed by atoms with Gasteiger partial charge in [-0.05, 0) is 12.5 Å². The van der Waals surface area contributed by atoms with E-state index in [-0.39, 0.29) is 17.5 Å². The molecule has 0 spiro atoms. The number of nitrogens with zero attached hydrogens (tertiary/aromatic N) is 6. The van der Waals surface area contributed by atoms with Gasteiger partial charge in [-0.2, -0.15) is 10.2 Å². The van der Waals surface area contributed by atoms with E-state index in [4.69, 9.17) is 0 Å². The highest BCUT2D eigenvalue weighted by Gasteiger charge is 2.31. The second-order valence-electron chi connectivity index (χ2n) is 6.04. The minimum Gasteiger partial charge on any atom is -0.351 e. The summed E-state index contributed by atoms with van der Waals surface area (Å²) in [5.74, 6) is 0.972. The third-order valence-electron chi connectivity index (χ3n) is 4.48. The van der Waals surface area contributed by atoms with Crippen LogP contribution in [0.2, 0.25) is 0 Å². The normalized spacial score (nSPS) is 18.6. The van der Waals surface area contributed by atoms with Crippen LogP contribution in [-0.4, -0.2) is 45.1 Å². The van der Waals surface area contributed by atoms with Gasteiger partial charge in [-0.25, -0.2) is 4.68 Å². The Hall–Kier alpha value is -2.64. The molecule has 4 rings (SSSR count). The van der Waals surface area contributed by atoms with Gasteiger partial charge in [0, 0.05) is 45.4 Å². The lowest BCUT2D eigenvalue weighted by atomic mass is 10.1. The van der Waals surface area contributed by atoms with Crippen molar-refractivity contribution in [1.29, 1.82) is 0 Å². The zero-order valence-corrected chi connectivity index (χ0v) is 12.9. The molecule has 0 radical (unpaired) electrons. The van der Waals surface area contributed by atoms with Gasteiger partial charge in [0.2, 0.25) is 5.91 Å². The number of hydrogen-bond acceptors (Lipinski definition) is 5. The van der Waals surface area contributed by atoms with Gasteiger partial charge in [0.15, 0.2) is 0 Å². The summed E-state index contributed by atoms with van der Waals surface area (Å²) in [7, 11) is 1.65. The van der Waals surface area contributed by atoms with Crippen LogP contribution in [0.15, 0.2) is 29.3 Å². The molecule has 0 atom stereocenters. The molecule has 23 heavy (non-hydrogen) atoms. The zero-order chi connectivity index (χ0) is 16.0. The summed E-state index contributed by atoms with van der Waals surface area (Å²) >= 11 is 0. The molecule has 2 fully saturated rings. The molecule has 2 aromatic heterocycles. The smallest absolute Gasteiger partial charge is 0.266 e. The first-order valence-electron chi connectivity index (χ1n) is 7.75. The predicted octanol–water partition coefficient (Wildman–Crippen LogP) is 0.165. The Balaban J connectivity index is 1.44. The number of amides is 1. The maximum absolute atomic E-state index is 11.8. The number of carbonyl (C=O) groups is 1. The molecule has 2 aliphatic heterocycles. The van der Waals surface area contributed by atoms with Crippen LogP contribution >= 0.6 is 0 Å². The maximum Gasteiger partial charge on any atom is 0.266 e. The van der Waals surface area contributed by atoms with Gasteiger partial charge in [0.05, 0.1) is 17.9 Å². The van der Waals surface area contributed by atoms with Crippen LogP contribution < -0.4 is 15.4 Å². The van der Waals surface area contributed by atoms with E-state index in [0.29, 0.717) is 6.42 Å². The first-order chi connectivity index (χ1) is 11.1. The lowest BCUT2D eigenvalue weighted by Gasteiger charge is -2.39. The minimum atomic E-state index is -0.113. The molecule has 0 aromatic carbocycles. The van der Waals surface area contributed by atoms with Crippen molar-refractivity contribution in [2.24, 2.45) is 7.05 Å². The number of anilines is 2. The topological polar surface area (TPSA) is 76.3 Å². The molecule has 1 amide bonds. The van der Waals surface area contributed by atoms with Crippen LogP contribution in [0.4, 0.5) is 11.5 Å². The van der Waals surface area contributed by atoms with Crippen molar-refractivity contribution < 1.29 is 4.79 Å². The fourth-order valence-electron chi connectivity index (χ4n) is 3.06. The Morgan fingerprint density at radius 3 is 2.74 bits per heavy atom. The van der Waals surface area contributed by atoms with Gasteiger partial charge >= 0.3 is 0 Å². The second-order valence-corrected chi connectivity index (χ2v) is 6.04. The van der Waals surface area contributed by atoms with Crippen LogP contribution in [-0.2, 0) is 11.8 Å². The van der Waals surface area contributed by atoms with Crippen molar-refractivity contribution in [2.75, 3.05) is 29.4 Å². The molecule has 2 aliphatic rings. The summed E-state index contributed by atoms with van der Waals surface area (Å²) < 4.78 is 3.26. The molecule has 4 heterocycles. The second kappa shape index (κ2) is 5.22. The molecule has 8 heteroatoms. The van der Waals surface area contributed by atoms with E-state index in [1.165, 1.54) is 10.7 Å². The van der Waals surface area contributed by atoms with E-state index in [0.717, 1.165) is 37.6 Å². The number of hydrogen-bond donors (Lipinski definition) is 0. The predicted molar refractivity (Wildman–Crippen MR) is 84.5 cm³/mol. The van der Waals surface area contributed by atoms with Crippen molar-refractivity contribution in [2.45, 2.75) is 18.9 Å². The number of carbonyl (C=O) groups excluding carboxylic acids is 1. The molecular weight excluding hydrogens is 296 g/mol. The van der Waals surface area contributed by atoms with Crippen LogP contribution in [0.25, 0.3) is 0 Å². The van der Waals surface area contributed by atoms with Gasteiger partial charge in [-0.3, -0.25) is 14.3 Å². The minimum absolute atomic E-state index is 0.113. The van der Waals surface area contributed by atoms with Gasteiger partial charge in [-0.1, -0.05) is 0 Å². The van der Waals surface area contributed by atoms with Crippen molar-refractivity contribution in [1.82, 2.24) is 19.6 Å². The van der Waals surface area contributed by atoms with Gasteiger partial charge in [-0.15, -0.1) is 0 Å². The van der Waals surface area contributed by atoms with Crippen molar-refractivity contribution >= 4 is 17.4 Å². The SMILES string of the molecule is Cn1nc(N2CC(n3cc(N4CCCC4=O)cn3)C2)ccc1=O. The average molecular weight is 314 g/mol. The summed E-state index contributed by atoms with van der Waals surface area (Å²) in [6.07, 6.45) is 5.25. The van der Waals surface area contributed by atoms with Crippen LogP contribution in [0, 0.1) is 0 Å². The first-order valence-corrected chi connectivity index (χ1v) is 7.75. The van der Waals surface area contributed by atoms with Gasteiger partial charge < -0.3 is 9.80 Å². The van der Waals surface area contributed by atoms with Crippen LogP contribution in [0.1, 0.15) is 18.9 Å². The molecular formula is C15H18N6O2. The number of aryl methyl sites for hydroxylation is 1. The van der Waals surface area contributed by atoms with Crippen molar-refractivity contribution in [3.63, 3.8) is 0 Å². The van der Waals surface area contributed by atoms with E-state index in [1.807, 2.05) is 10.9 Å². The Labute approximate surface area is 132 Å². The lowest BCUT2D eigenvalue weighted by Crippen LogP contribution is -2.48. The maximum atomic E-state index is 11.8. The molecule has 0 aliphatic carbocycles. The largest absolute Gasteiger partial charge is 0.351 e. The van der Waals surface area contributed by atoms with Crippen molar-refractivity contribution in [3.05, 3.63) is 34.9 Å². The molecule has 2 aromatic rings. The summed E-state index contributed by atoms with van der Waals surface area (Å²) in [5.41, 5.74) is 0.768. The molecule has 8 nitrogen and oxygen atoms in total. The average Bonchev–Trinajstić information content (AvgIpc) is 3.10. The molecule has 120 valence electrons. The third-order valence-corrected chi connectivity index (χ3v) is 4.48. The highest BCUT2D eigenvalue weighted by atomic mass is 16.2. The standard InChI is InChI=1S/C15H18N6O2/c1-18-14(22)5-4-13(17-18)19-8-12(9-19)21-10-11(7-16-21)20-6-2-3-15(20)23/h4-5,7,10,12H,2-3,6,8-9H2,1H3. The van der Waals surface area contributed by atoms with E-state index in [1.54, 1.807) is 24.2 Å². The number of aromatic nitrogens is 4. The Bertz CT molecular complexity index is 804. The van der Waals surface area contributed by atoms with Gasteiger partial charge in [0.25, 0.3) is 5.56 Å². The molecule has 0 unspecified atom stereocenters. The third kappa shape index (κ3) is 2.39. The molecule has 2 saturated heterocycles. The van der Waals surface area contributed by atoms with Crippen molar-refractivity contribution in [3.8, 4) is 0 Å². The molecule has 0 saturated carbocycles. The van der Waals surface area contributed by atoms with Crippen LogP contribution in [0.5, 0.6) is 0 Å². The highest BCUT2D eigenvalue weighted by Crippen LogP contribution is 2.27. The molecule has 0 N–H and O–H groups in total. The highest BCUT2D eigenvalue weighted by molar-refractivity contribution is 5.95. The first kappa shape index (κ1) is 14.0. The van der Waals surface area contributed by atoms with E-state index in [9.17, 15) is 9.59 Å². The van der Waals surface area contributed by atoms with E-state index >= 15 is 0 Å². The zero-order valence-electron chi connectivity index (χ0n) is 12.9. The summed E-state index contributed by atoms with van der Waals surface area (Å²) in [6.45, 7) is 2.36.